The molecule has 24 heavy (non-hydrogen) atoms. The van der Waals surface area contributed by atoms with Gasteiger partial charge in [-0.3, -0.25) is 9.58 Å². The second kappa shape index (κ2) is 7.29. The average Bonchev–Trinajstić information content (AvgIpc) is 3.11. The summed E-state index contributed by atoms with van der Waals surface area (Å²) in [6, 6.07) is 2.03. The van der Waals surface area contributed by atoms with Gasteiger partial charge in [0, 0.05) is 38.4 Å². The fourth-order valence-electron chi connectivity index (χ4n) is 3.07. The van der Waals surface area contributed by atoms with Crippen molar-refractivity contribution in [3.05, 3.63) is 36.5 Å². The molecule has 0 bridgehead atoms. The number of fused-ring (bicyclic) bond motifs is 1. The van der Waals surface area contributed by atoms with Crippen LogP contribution in [0.25, 0.3) is 16.8 Å². The summed E-state index contributed by atoms with van der Waals surface area (Å²) in [5, 5.41) is 12.1. The van der Waals surface area contributed by atoms with Gasteiger partial charge < -0.3 is 5.32 Å². The number of hydrogen-bond acceptors (Lipinski definition) is 5. The molecule has 1 aliphatic heterocycles. The molecule has 0 amide bonds. The van der Waals surface area contributed by atoms with Crippen molar-refractivity contribution in [2.75, 3.05) is 26.2 Å². The zero-order chi connectivity index (χ0) is 15.6. The second-order valence-corrected chi connectivity index (χ2v) is 6.02. The molecule has 1 fully saturated rings. The maximum atomic E-state index is 4.91. The van der Waals surface area contributed by atoms with Crippen LogP contribution in [0, 0.1) is 0 Å². The number of aromatic nitrogens is 5. The zero-order valence-corrected chi connectivity index (χ0v) is 14.5. The Morgan fingerprint density at radius 2 is 2.08 bits per heavy atom. The molecule has 1 N–H and O–H groups in total. The van der Waals surface area contributed by atoms with Crippen molar-refractivity contribution in [1.82, 2.24) is 34.6 Å². The highest BCUT2D eigenvalue weighted by molar-refractivity contribution is 5.85. The summed E-state index contributed by atoms with van der Waals surface area (Å²) in [7, 11) is 1.92. The fraction of sp³-hybridized carbons (Fsp3) is 0.438. The lowest BCUT2D eigenvalue weighted by Gasteiger charge is -2.19. The van der Waals surface area contributed by atoms with E-state index in [9.17, 15) is 0 Å². The summed E-state index contributed by atoms with van der Waals surface area (Å²) in [6.45, 7) is 5.15. The molecule has 0 saturated carbocycles. The third-order valence-corrected chi connectivity index (χ3v) is 4.27. The van der Waals surface area contributed by atoms with Crippen molar-refractivity contribution >= 4 is 17.9 Å². The summed E-state index contributed by atoms with van der Waals surface area (Å²) >= 11 is 0. The van der Waals surface area contributed by atoms with E-state index < -0.39 is 0 Å². The van der Waals surface area contributed by atoms with Gasteiger partial charge in [0.25, 0.3) is 0 Å². The van der Waals surface area contributed by atoms with Gasteiger partial charge in [0.1, 0.15) is 0 Å². The predicted octanol–water partition coefficient (Wildman–Crippen LogP) is 1.35. The molecule has 3 aromatic rings. The predicted molar refractivity (Wildman–Crippen MR) is 95.2 cm³/mol. The Morgan fingerprint density at radius 3 is 2.92 bits per heavy atom. The summed E-state index contributed by atoms with van der Waals surface area (Å²) < 4.78 is 3.71. The number of nitrogens with zero attached hydrogens (tertiary/aromatic N) is 6. The van der Waals surface area contributed by atoms with E-state index in [1.165, 1.54) is 6.42 Å². The molecule has 0 spiro atoms. The molecule has 1 aliphatic rings. The first-order valence-corrected chi connectivity index (χ1v) is 8.05. The van der Waals surface area contributed by atoms with Crippen LogP contribution in [0.5, 0.6) is 0 Å². The van der Waals surface area contributed by atoms with E-state index in [1.807, 2.05) is 42.4 Å². The Kier molecular flexibility index (Phi) is 5.13. The number of nitrogens with one attached hydrogen (secondary N) is 1. The van der Waals surface area contributed by atoms with Gasteiger partial charge in [0.05, 0.1) is 35.5 Å². The lowest BCUT2D eigenvalue weighted by Crippen LogP contribution is -2.28. The zero-order valence-electron chi connectivity index (χ0n) is 13.7. The number of hydrogen-bond donors (Lipinski definition) is 1. The minimum Gasteiger partial charge on any atom is -0.315 e. The van der Waals surface area contributed by atoms with E-state index in [2.05, 4.69) is 20.4 Å². The Hall–Kier alpha value is -1.96. The molecule has 0 radical (unpaired) electrons. The third-order valence-electron chi connectivity index (χ3n) is 4.27. The maximum absolute atomic E-state index is 4.91. The highest BCUT2D eigenvalue weighted by Gasteiger charge is 2.14. The summed E-state index contributed by atoms with van der Waals surface area (Å²) in [6.07, 6.45) is 8.81. The normalized spacial score (nSPS) is 16.0. The van der Waals surface area contributed by atoms with Crippen molar-refractivity contribution in [3.8, 4) is 11.3 Å². The molecule has 0 unspecified atom stereocenters. The first-order valence-electron chi connectivity index (χ1n) is 8.05. The molecule has 7 nitrogen and oxygen atoms in total. The molecular weight excluding hydrogens is 326 g/mol. The van der Waals surface area contributed by atoms with Crippen LogP contribution in [0.1, 0.15) is 12.1 Å². The van der Waals surface area contributed by atoms with Crippen LogP contribution in [0.2, 0.25) is 0 Å². The van der Waals surface area contributed by atoms with Crippen molar-refractivity contribution in [2.45, 2.75) is 13.0 Å². The molecule has 0 aliphatic carbocycles. The van der Waals surface area contributed by atoms with Crippen molar-refractivity contribution in [1.29, 1.82) is 0 Å². The first-order chi connectivity index (χ1) is 11.3. The van der Waals surface area contributed by atoms with Gasteiger partial charge in [-0.05, 0) is 25.6 Å². The second-order valence-electron chi connectivity index (χ2n) is 6.02. The molecule has 128 valence electrons. The lowest BCUT2D eigenvalue weighted by molar-refractivity contribution is 0.282. The van der Waals surface area contributed by atoms with Gasteiger partial charge >= 0.3 is 0 Å². The van der Waals surface area contributed by atoms with E-state index >= 15 is 0 Å². The van der Waals surface area contributed by atoms with Gasteiger partial charge in [-0.2, -0.15) is 10.2 Å². The van der Waals surface area contributed by atoms with E-state index in [1.54, 1.807) is 4.68 Å². The molecule has 3 aromatic heterocycles. The number of aryl methyl sites for hydroxylation is 1. The minimum absolute atomic E-state index is 0. The van der Waals surface area contributed by atoms with E-state index in [0.717, 1.165) is 55.2 Å². The topological polar surface area (TPSA) is 63.3 Å². The average molecular weight is 348 g/mol. The molecule has 0 atom stereocenters. The Bertz CT molecular complexity index is 802. The van der Waals surface area contributed by atoms with Crippen LogP contribution in [0.4, 0.5) is 0 Å². The lowest BCUT2D eigenvalue weighted by atomic mass is 10.2. The standard InChI is InChI=1S/C16H21N7.ClH/c1-21-10-13(9-19-21)14-12-23-16(3-5-18-23)15(20-14)11-22-7-2-4-17-6-8-22;/h3,5,9-10,12,17H,2,4,6-8,11H2,1H3;1H. The summed E-state index contributed by atoms with van der Waals surface area (Å²) in [5.74, 6) is 0. The van der Waals surface area contributed by atoms with Crippen molar-refractivity contribution in [3.63, 3.8) is 0 Å². The van der Waals surface area contributed by atoms with Crippen LogP contribution in [0.15, 0.2) is 30.9 Å². The molecule has 1 saturated heterocycles. The SMILES string of the molecule is Cl.Cn1cc(-c2cn3nccc3c(CN3CCCNCC3)n2)cn1. The molecule has 0 aromatic carbocycles. The van der Waals surface area contributed by atoms with E-state index in [-0.39, 0.29) is 12.4 Å². The van der Waals surface area contributed by atoms with Crippen LogP contribution < -0.4 is 5.32 Å². The largest absolute Gasteiger partial charge is 0.315 e. The van der Waals surface area contributed by atoms with Gasteiger partial charge in [-0.15, -0.1) is 12.4 Å². The molecular formula is C16H22ClN7. The molecule has 4 rings (SSSR count). The Morgan fingerprint density at radius 1 is 1.17 bits per heavy atom. The van der Waals surface area contributed by atoms with Gasteiger partial charge in [-0.1, -0.05) is 0 Å². The Balaban J connectivity index is 0.00000169. The minimum atomic E-state index is 0. The number of rotatable bonds is 3. The quantitative estimate of drug-likeness (QED) is 0.774. The van der Waals surface area contributed by atoms with Crippen LogP contribution in [0.3, 0.4) is 0 Å². The highest BCUT2D eigenvalue weighted by atomic mass is 35.5. The highest BCUT2D eigenvalue weighted by Crippen LogP contribution is 2.20. The van der Waals surface area contributed by atoms with Crippen molar-refractivity contribution in [2.24, 2.45) is 7.05 Å². The maximum Gasteiger partial charge on any atom is 0.0921 e. The van der Waals surface area contributed by atoms with Gasteiger partial charge in [0.15, 0.2) is 0 Å². The first kappa shape index (κ1) is 16.9. The van der Waals surface area contributed by atoms with E-state index in [4.69, 9.17) is 4.98 Å². The number of halogens is 1. The smallest absolute Gasteiger partial charge is 0.0921 e. The monoisotopic (exact) mass is 347 g/mol. The third kappa shape index (κ3) is 3.43. The van der Waals surface area contributed by atoms with Crippen molar-refractivity contribution < 1.29 is 0 Å². The van der Waals surface area contributed by atoms with Crippen LogP contribution in [-0.2, 0) is 13.6 Å². The summed E-state index contributed by atoms with van der Waals surface area (Å²) in [4.78, 5) is 7.37. The van der Waals surface area contributed by atoms with Crippen LogP contribution >= 0.6 is 12.4 Å². The van der Waals surface area contributed by atoms with Gasteiger partial charge in [-0.25, -0.2) is 9.50 Å². The van der Waals surface area contributed by atoms with Gasteiger partial charge in [0.2, 0.25) is 0 Å². The molecule has 4 heterocycles. The Labute approximate surface area is 147 Å². The fourth-order valence-corrected chi connectivity index (χ4v) is 3.07. The molecule has 8 heteroatoms. The van der Waals surface area contributed by atoms with E-state index in [0.29, 0.717) is 0 Å². The summed E-state index contributed by atoms with van der Waals surface area (Å²) in [5.41, 5.74) is 4.08. The van der Waals surface area contributed by atoms with Crippen LogP contribution in [-0.4, -0.2) is 55.5 Å².